The third-order valence-electron chi connectivity index (χ3n) is 8.22. The first-order valence-electron chi connectivity index (χ1n) is 18.1. The second kappa shape index (κ2) is 20.1. The molecule has 278 valence electrons. The van der Waals surface area contributed by atoms with Crippen molar-refractivity contribution in [3.05, 3.63) is 132 Å². The van der Waals surface area contributed by atoms with Crippen LogP contribution < -0.4 is 18.9 Å². The van der Waals surface area contributed by atoms with E-state index in [2.05, 4.69) is 23.7 Å². The number of rotatable bonds is 19. The van der Waals surface area contributed by atoms with Crippen molar-refractivity contribution in [1.29, 1.82) is 0 Å². The zero-order chi connectivity index (χ0) is 38.1. The lowest BCUT2D eigenvalue weighted by Gasteiger charge is -2.10. The fourth-order valence-corrected chi connectivity index (χ4v) is 5.19. The molecule has 0 unspecified atom stereocenters. The minimum absolute atomic E-state index is 0.356. The number of azo groups is 1. The number of unbranched alkanes of at least 4 members (excludes halogenated alkanes) is 4. The van der Waals surface area contributed by atoms with Crippen molar-refractivity contribution in [2.45, 2.75) is 52.4 Å². The van der Waals surface area contributed by atoms with Crippen molar-refractivity contribution in [2.24, 2.45) is 10.2 Å². The van der Waals surface area contributed by atoms with Gasteiger partial charge in [-0.25, -0.2) is 14.4 Å². The van der Waals surface area contributed by atoms with Crippen molar-refractivity contribution in [1.82, 2.24) is 0 Å². The molecule has 0 amide bonds. The highest BCUT2D eigenvalue weighted by molar-refractivity contribution is 6.00. The van der Waals surface area contributed by atoms with Gasteiger partial charge < -0.3 is 23.7 Å². The van der Waals surface area contributed by atoms with Crippen molar-refractivity contribution < 1.29 is 38.1 Å². The summed E-state index contributed by atoms with van der Waals surface area (Å²) in [5, 5.41) is 10.3. The van der Waals surface area contributed by atoms with Crippen LogP contribution in [0.4, 0.5) is 11.4 Å². The first kappa shape index (κ1) is 38.9. The van der Waals surface area contributed by atoms with Gasteiger partial charge in [0, 0.05) is 16.3 Å². The summed E-state index contributed by atoms with van der Waals surface area (Å²) in [6, 6.07) is 31.4. The van der Waals surface area contributed by atoms with Crippen LogP contribution in [0.1, 0.15) is 73.1 Å². The normalized spacial score (nSPS) is 10.9. The van der Waals surface area contributed by atoms with Crippen LogP contribution in [-0.2, 0) is 9.53 Å². The molecule has 0 saturated carbocycles. The molecule has 0 aromatic heterocycles. The molecular weight excluding hydrogens is 684 g/mol. The van der Waals surface area contributed by atoms with Crippen molar-refractivity contribution in [3.63, 3.8) is 0 Å². The third-order valence-corrected chi connectivity index (χ3v) is 8.22. The SMILES string of the molecule is C=C(C)C(=O)OCCCCCCOc1ccc(C(=O)Oc2ccc(N=Nc3ccc(C(=O)Oc4ccc(OCCCC)cc4)cc3)c3ccccc23)cc1. The van der Waals surface area contributed by atoms with E-state index >= 15 is 0 Å². The van der Waals surface area contributed by atoms with E-state index in [0.29, 0.717) is 70.5 Å². The molecule has 0 saturated heterocycles. The van der Waals surface area contributed by atoms with E-state index in [-0.39, 0.29) is 5.97 Å². The molecule has 5 aromatic carbocycles. The number of carbonyl (C=O) groups is 3. The Morgan fingerprint density at radius 3 is 1.78 bits per heavy atom. The van der Waals surface area contributed by atoms with Gasteiger partial charge in [0.1, 0.15) is 23.0 Å². The van der Waals surface area contributed by atoms with E-state index in [4.69, 9.17) is 23.7 Å². The fourth-order valence-electron chi connectivity index (χ4n) is 5.19. The molecule has 0 fully saturated rings. The Kier molecular flexibility index (Phi) is 14.5. The van der Waals surface area contributed by atoms with Crippen LogP contribution in [-0.4, -0.2) is 37.7 Å². The summed E-state index contributed by atoms with van der Waals surface area (Å²) in [5.74, 6) is 0.863. The van der Waals surface area contributed by atoms with Crippen LogP contribution in [0.3, 0.4) is 0 Å². The maximum Gasteiger partial charge on any atom is 0.343 e. The predicted octanol–water partition coefficient (Wildman–Crippen LogP) is 10.9. The maximum atomic E-state index is 13.1. The lowest BCUT2D eigenvalue weighted by Crippen LogP contribution is -2.08. The molecule has 54 heavy (non-hydrogen) atoms. The fraction of sp³-hybridized carbons (Fsp3) is 0.250. The number of esters is 3. The quantitative estimate of drug-likeness (QED) is 0.0271. The van der Waals surface area contributed by atoms with E-state index in [0.717, 1.165) is 49.7 Å². The lowest BCUT2D eigenvalue weighted by molar-refractivity contribution is -0.139. The van der Waals surface area contributed by atoms with E-state index in [1.807, 2.05) is 24.3 Å². The number of hydrogen-bond acceptors (Lipinski definition) is 10. The van der Waals surface area contributed by atoms with Gasteiger partial charge >= 0.3 is 17.9 Å². The Hall–Kier alpha value is -6.29. The van der Waals surface area contributed by atoms with Crippen LogP contribution in [0.5, 0.6) is 23.0 Å². The zero-order valence-corrected chi connectivity index (χ0v) is 30.6. The standard InChI is InChI=1S/C44H44N2O8/c1-4-5-28-50-36-22-24-37(25-23-36)53-43(48)32-14-18-34(19-15-32)45-46-40-26-27-41(39-13-9-8-12-38(39)40)54-44(49)33-16-20-35(21-17-33)51-29-10-6-7-11-30-52-42(47)31(2)3/h8-9,12-27H,2,4-7,10-11,28-30H2,1,3H3. The molecule has 0 aliphatic heterocycles. The largest absolute Gasteiger partial charge is 0.494 e. The van der Waals surface area contributed by atoms with Crippen molar-refractivity contribution in [2.75, 3.05) is 19.8 Å². The minimum atomic E-state index is -0.500. The lowest BCUT2D eigenvalue weighted by atomic mass is 10.1. The van der Waals surface area contributed by atoms with Crippen LogP contribution in [0.15, 0.2) is 132 Å². The van der Waals surface area contributed by atoms with Crippen LogP contribution in [0, 0.1) is 0 Å². The number of fused-ring (bicyclic) bond motifs is 1. The summed E-state index contributed by atoms with van der Waals surface area (Å²) in [5.41, 5.74) is 2.30. The molecule has 10 nitrogen and oxygen atoms in total. The maximum absolute atomic E-state index is 13.1. The van der Waals surface area contributed by atoms with E-state index in [9.17, 15) is 14.4 Å². The van der Waals surface area contributed by atoms with Gasteiger partial charge in [-0.15, -0.1) is 5.11 Å². The van der Waals surface area contributed by atoms with Gasteiger partial charge in [-0.3, -0.25) is 0 Å². The molecule has 0 heterocycles. The second-order valence-electron chi connectivity index (χ2n) is 12.5. The smallest absolute Gasteiger partial charge is 0.343 e. The van der Waals surface area contributed by atoms with Gasteiger partial charge in [-0.1, -0.05) is 44.2 Å². The number of nitrogens with zero attached hydrogens (tertiary/aromatic N) is 2. The van der Waals surface area contributed by atoms with Crippen LogP contribution in [0.25, 0.3) is 10.8 Å². The Morgan fingerprint density at radius 1 is 0.574 bits per heavy atom. The average Bonchev–Trinajstić information content (AvgIpc) is 3.19. The molecule has 0 aliphatic carbocycles. The molecule has 5 aromatic rings. The third kappa shape index (κ3) is 11.6. The Bertz CT molecular complexity index is 2060. The van der Waals surface area contributed by atoms with E-state index in [1.165, 1.54) is 0 Å². The van der Waals surface area contributed by atoms with Gasteiger partial charge in [0.15, 0.2) is 0 Å². The average molecular weight is 729 g/mol. The van der Waals surface area contributed by atoms with Gasteiger partial charge in [-0.2, -0.15) is 5.11 Å². The summed E-state index contributed by atoms with van der Waals surface area (Å²) < 4.78 is 27.9. The molecule has 0 spiro atoms. The number of hydrogen-bond donors (Lipinski definition) is 0. The number of ether oxygens (including phenoxy) is 5. The number of benzene rings is 5. The first-order valence-corrected chi connectivity index (χ1v) is 18.1. The highest BCUT2D eigenvalue weighted by Crippen LogP contribution is 2.35. The summed E-state index contributed by atoms with van der Waals surface area (Å²) in [7, 11) is 0. The van der Waals surface area contributed by atoms with Gasteiger partial charge in [0.25, 0.3) is 0 Å². The molecule has 5 rings (SSSR count). The van der Waals surface area contributed by atoms with Gasteiger partial charge in [0.2, 0.25) is 0 Å². The summed E-state index contributed by atoms with van der Waals surface area (Å²) >= 11 is 0. The minimum Gasteiger partial charge on any atom is -0.494 e. The predicted molar refractivity (Wildman–Crippen MR) is 208 cm³/mol. The monoisotopic (exact) mass is 728 g/mol. The van der Waals surface area contributed by atoms with Crippen LogP contribution in [0.2, 0.25) is 0 Å². The molecule has 10 heteroatoms. The zero-order valence-electron chi connectivity index (χ0n) is 30.6. The highest BCUT2D eigenvalue weighted by Gasteiger charge is 2.14. The Morgan fingerprint density at radius 2 is 1.13 bits per heavy atom. The van der Waals surface area contributed by atoms with Gasteiger partial charge in [-0.05, 0) is 124 Å². The van der Waals surface area contributed by atoms with E-state index in [1.54, 1.807) is 91.9 Å². The first-order chi connectivity index (χ1) is 26.3. The van der Waals surface area contributed by atoms with Crippen molar-refractivity contribution >= 4 is 40.1 Å². The summed E-state index contributed by atoms with van der Waals surface area (Å²) in [6.45, 7) is 8.88. The topological polar surface area (TPSA) is 122 Å². The van der Waals surface area contributed by atoms with Gasteiger partial charge in [0.05, 0.1) is 42.3 Å². The Labute approximate surface area is 315 Å². The molecule has 0 radical (unpaired) electrons. The molecule has 0 aliphatic rings. The Balaban J connectivity index is 1.11. The summed E-state index contributed by atoms with van der Waals surface area (Å²) in [6.07, 6.45) is 5.55. The molecular formula is C44H44N2O8. The molecule has 0 bridgehead atoms. The number of carbonyl (C=O) groups excluding carboxylic acids is 3. The highest BCUT2D eigenvalue weighted by atomic mass is 16.5. The van der Waals surface area contributed by atoms with Crippen molar-refractivity contribution in [3.8, 4) is 23.0 Å². The second-order valence-corrected chi connectivity index (χ2v) is 12.5. The summed E-state index contributed by atoms with van der Waals surface area (Å²) in [4.78, 5) is 37.2. The van der Waals surface area contributed by atoms with Crippen LogP contribution >= 0.6 is 0 Å². The molecule has 0 atom stereocenters. The van der Waals surface area contributed by atoms with E-state index < -0.39 is 11.9 Å². The molecule has 0 N–H and O–H groups in total.